The first-order valence-corrected chi connectivity index (χ1v) is 10.3. The van der Waals surface area contributed by atoms with E-state index in [1.165, 1.54) is 8.93 Å². The molecule has 1 amide bonds. The SMILES string of the molecule is CC.CN1CCC(=O)N(c2ccc(C#CSI)nc2)CC1. The van der Waals surface area contributed by atoms with Gasteiger partial charge < -0.3 is 9.80 Å². The number of anilines is 1. The molecule has 0 saturated carbocycles. The zero-order chi connectivity index (χ0) is 15.7. The lowest BCUT2D eigenvalue weighted by Gasteiger charge is -2.20. The summed E-state index contributed by atoms with van der Waals surface area (Å²) in [4.78, 5) is 20.3. The first-order chi connectivity index (χ1) is 10.2. The molecule has 1 aliphatic rings. The number of carbonyl (C=O) groups excluding carboxylic acids is 1. The highest BCUT2D eigenvalue weighted by atomic mass is 127. The standard InChI is InChI=1S/C13H14IN3OS.C2H6/c1-16-6-4-13(18)17(8-7-16)12-3-2-11(15-10-12)5-9-19-14;1-2/h2-3,10H,4,6-8H2,1H3;1-2H3. The fraction of sp³-hybridized carbons (Fsp3) is 0.467. The lowest BCUT2D eigenvalue weighted by Crippen LogP contribution is -2.32. The van der Waals surface area contributed by atoms with Gasteiger partial charge in [-0.05, 0) is 39.3 Å². The van der Waals surface area contributed by atoms with Gasteiger partial charge in [0, 0.05) is 47.3 Å². The van der Waals surface area contributed by atoms with Crippen molar-refractivity contribution in [2.24, 2.45) is 0 Å². The van der Waals surface area contributed by atoms with Crippen molar-refractivity contribution in [2.45, 2.75) is 20.3 Å². The van der Waals surface area contributed by atoms with Crippen LogP contribution in [0.2, 0.25) is 0 Å². The van der Waals surface area contributed by atoms with E-state index < -0.39 is 0 Å². The van der Waals surface area contributed by atoms with E-state index in [0.29, 0.717) is 13.0 Å². The molecule has 0 unspecified atom stereocenters. The van der Waals surface area contributed by atoms with E-state index in [9.17, 15) is 4.79 Å². The van der Waals surface area contributed by atoms with Crippen LogP contribution in [-0.2, 0) is 4.79 Å². The lowest BCUT2D eigenvalue weighted by atomic mass is 10.3. The maximum atomic E-state index is 12.1. The summed E-state index contributed by atoms with van der Waals surface area (Å²) >= 11 is 2.12. The molecular weight excluding hydrogens is 397 g/mol. The summed E-state index contributed by atoms with van der Waals surface area (Å²) < 4.78 is 0. The molecule has 0 N–H and O–H groups in total. The normalized spacial score (nSPS) is 15.4. The van der Waals surface area contributed by atoms with Crippen LogP contribution >= 0.6 is 30.1 Å². The summed E-state index contributed by atoms with van der Waals surface area (Å²) in [5.41, 5.74) is 1.58. The van der Waals surface area contributed by atoms with Gasteiger partial charge in [-0.3, -0.25) is 4.79 Å². The highest BCUT2D eigenvalue weighted by Crippen LogP contribution is 2.16. The third kappa shape index (κ3) is 5.85. The molecule has 4 nitrogen and oxygen atoms in total. The van der Waals surface area contributed by atoms with E-state index in [2.05, 4.69) is 42.3 Å². The van der Waals surface area contributed by atoms with Gasteiger partial charge in [0.05, 0.1) is 11.9 Å². The van der Waals surface area contributed by atoms with Crippen molar-refractivity contribution in [1.82, 2.24) is 9.88 Å². The maximum Gasteiger partial charge on any atom is 0.228 e. The number of hydrogen-bond acceptors (Lipinski definition) is 4. The topological polar surface area (TPSA) is 36.4 Å². The molecule has 114 valence electrons. The minimum absolute atomic E-state index is 0.160. The van der Waals surface area contributed by atoms with Gasteiger partial charge >= 0.3 is 0 Å². The van der Waals surface area contributed by atoms with Gasteiger partial charge in [0.1, 0.15) is 5.69 Å². The third-order valence-corrected chi connectivity index (χ3v) is 3.83. The minimum atomic E-state index is 0.160. The quantitative estimate of drug-likeness (QED) is 0.520. The zero-order valence-electron chi connectivity index (χ0n) is 12.6. The number of rotatable bonds is 1. The van der Waals surface area contributed by atoms with E-state index in [4.69, 9.17) is 0 Å². The predicted octanol–water partition coefficient (Wildman–Crippen LogP) is 3.17. The Bertz CT molecular complexity index is 510. The molecule has 0 aliphatic carbocycles. The van der Waals surface area contributed by atoms with Crippen LogP contribution in [0.15, 0.2) is 18.3 Å². The van der Waals surface area contributed by atoms with Crippen LogP contribution in [0.3, 0.4) is 0 Å². The van der Waals surface area contributed by atoms with Crippen molar-refractivity contribution in [3.8, 4) is 11.2 Å². The van der Waals surface area contributed by atoms with Crippen LogP contribution in [0.1, 0.15) is 26.0 Å². The second kappa shape index (κ2) is 10.0. The maximum absolute atomic E-state index is 12.1. The average molecular weight is 417 g/mol. The van der Waals surface area contributed by atoms with Crippen LogP contribution in [0.5, 0.6) is 0 Å². The highest BCUT2D eigenvalue weighted by molar-refractivity contribution is 14.2. The van der Waals surface area contributed by atoms with Crippen molar-refractivity contribution in [3.05, 3.63) is 24.0 Å². The Morgan fingerprint density at radius 3 is 2.67 bits per heavy atom. The summed E-state index contributed by atoms with van der Waals surface area (Å²) in [6.07, 6.45) is 2.29. The third-order valence-electron chi connectivity index (χ3n) is 2.99. The molecule has 1 aromatic rings. The van der Waals surface area contributed by atoms with Crippen LogP contribution in [0.4, 0.5) is 5.69 Å². The molecule has 1 fully saturated rings. The Labute approximate surface area is 143 Å². The first-order valence-electron chi connectivity index (χ1n) is 6.94. The molecule has 1 aromatic heterocycles. The molecule has 0 radical (unpaired) electrons. The van der Waals surface area contributed by atoms with Gasteiger partial charge in [-0.25, -0.2) is 4.98 Å². The van der Waals surface area contributed by atoms with E-state index in [0.717, 1.165) is 24.5 Å². The van der Waals surface area contributed by atoms with Crippen LogP contribution in [-0.4, -0.2) is 42.5 Å². The average Bonchev–Trinajstić information content (AvgIpc) is 2.70. The molecule has 21 heavy (non-hydrogen) atoms. The molecule has 2 heterocycles. The zero-order valence-corrected chi connectivity index (χ0v) is 15.6. The molecule has 2 rings (SSSR count). The summed E-state index contributed by atoms with van der Waals surface area (Å²) in [6, 6.07) is 3.77. The molecule has 0 aromatic carbocycles. The van der Waals surface area contributed by atoms with E-state index >= 15 is 0 Å². The van der Waals surface area contributed by atoms with Gasteiger partial charge in [-0.2, -0.15) is 0 Å². The number of halogens is 1. The predicted molar refractivity (Wildman–Crippen MR) is 98.5 cm³/mol. The van der Waals surface area contributed by atoms with Crippen molar-refractivity contribution >= 4 is 41.7 Å². The number of nitrogens with zero attached hydrogens (tertiary/aromatic N) is 3. The number of likely N-dealkylation sites (N-methyl/N-ethyl adjacent to an activating group) is 1. The number of amides is 1. The van der Waals surface area contributed by atoms with Crippen LogP contribution in [0, 0.1) is 11.2 Å². The van der Waals surface area contributed by atoms with E-state index in [1.54, 1.807) is 11.1 Å². The Hall–Kier alpha value is -0.780. The van der Waals surface area contributed by atoms with E-state index in [-0.39, 0.29) is 5.91 Å². The summed E-state index contributed by atoms with van der Waals surface area (Å²) in [7, 11) is 3.47. The Balaban J connectivity index is 0.00000106. The van der Waals surface area contributed by atoms with E-state index in [1.807, 2.05) is 33.0 Å². The molecule has 1 aliphatic heterocycles. The fourth-order valence-corrected chi connectivity index (χ4v) is 2.37. The molecule has 0 bridgehead atoms. The number of hydrogen-bond donors (Lipinski definition) is 0. The van der Waals surface area contributed by atoms with Gasteiger partial charge in [0.25, 0.3) is 0 Å². The molecular formula is C15H20IN3OS. The Morgan fingerprint density at radius 2 is 2.05 bits per heavy atom. The second-order valence-electron chi connectivity index (χ2n) is 4.30. The summed E-state index contributed by atoms with van der Waals surface area (Å²) in [6.45, 7) is 6.42. The monoisotopic (exact) mass is 417 g/mol. The van der Waals surface area contributed by atoms with Crippen LogP contribution in [0.25, 0.3) is 0 Å². The molecule has 1 saturated heterocycles. The lowest BCUT2D eigenvalue weighted by molar-refractivity contribution is -0.118. The smallest absolute Gasteiger partial charge is 0.228 e. The summed E-state index contributed by atoms with van der Waals surface area (Å²) in [5, 5.41) is 2.89. The molecule has 0 spiro atoms. The molecule has 6 heteroatoms. The van der Waals surface area contributed by atoms with Crippen LogP contribution < -0.4 is 4.90 Å². The van der Waals surface area contributed by atoms with Crippen molar-refractivity contribution in [1.29, 1.82) is 0 Å². The fourth-order valence-electron chi connectivity index (χ4n) is 1.89. The van der Waals surface area contributed by atoms with Gasteiger partial charge in [0.2, 0.25) is 5.91 Å². The number of aromatic nitrogens is 1. The van der Waals surface area contributed by atoms with Gasteiger partial charge in [-0.15, -0.1) is 0 Å². The van der Waals surface area contributed by atoms with Crippen molar-refractivity contribution in [3.63, 3.8) is 0 Å². The Kier molecular flexibility index (Phi) is 8.73. The van der Waals surface area contributed by atoms with Gasteiger partial charge in [-0.1, -0.05) is 13.8 Å². The van der Waals surface area contributed by atoms with Gasteiger partial charge in [0.15, 0.2) is 0 Å². The molecule has 0 atom stereocenters. The van der Waals surface area contributed by atoms with Crippen molar-refractivity contribution in [2.75, 3.05) is 31.6 Å². The number of pyridine rings is 1. The summed E-state index contributed by atoms with van der Waals surface area (Å²) in [5.74, 6) is 3.10. The minimum Gasteiger partial charge on any atom is -0.310 e. The first kappa shape index (κ1) is 18.3. The number of carbonyl (C=O) groups is 1. The Morgan fingerprint density at radius 1 is 1.29 bits per heavy atom. The largest absolute Gasteiger partial charge is 0.310 e. The second-order valence-corrected chi connectivity index (χ2v) is 5.98. The van der Waals surface area contributed by atoms with Crippen molar-refractivity contribution < 1.29 is 4.79 Å². The highest BCUT2D eigenvalue weighted by Gasteiger charge is 2.20.